The SMILES string of the molecule is CN(C(=O)CC=O)C1CC(C)(C)NC(C)(C)C1. The Balaban J connectivity index is 2.76. The van der Waals surface area contributed by atoms with Crippen molar-refractivity contribution in [3.63, 3.8) is 0 Å². The molecule has 0 unspecified atom stereocenters. The van der Waals surface area contributed by atoms with E-state index in [2.05, 4.69) is 33.0 Å². The number of piperidine rings is 1. The van der Waals surface area contributed by atoms with Gasteiger partial charge >= 0.3 is 0 Å². The van der Waals surface area contributed by atoms with Gasteiger partial charge in [0.15, 0.2) is 0 Å². The molecule has 0 radical (unpaired) electrons. The Morgan fingerprint density at radius 2 is 1.76 bits per heavy atom. The van der Waals surface area contributed by atoms with Gasteiger partial charge in [0.25, 0.3) is 0 Å². The van der Waals surface area contributed by atoms with Gasteiger partial charge in [-0.2, -0.15) is 0 Å². The zero-order chi connectivity index (χ0) is 13.3. The molecule has 0 bridgehead atoms. The normalized spacial score (nSPS) is 23.1. The smallest absolute Gasteiger partial charge is 0.229 e. The van der Waals surface area contributed by atoms with E-state index >= 15 is 0 Å². The first kappa shape index (κ1) is 14.2. The summed E-state index contributed by atoms with van der Waals surface area (Å²) < 4.78 is 0. The molecule has 4 nitrogen and oxygen atoms in total. The predicted molar refractivity (Wildman–Crippen MR) is 67.8 cm³/mol. The van der Waals surface area contributed by atoms with Crippen molar-refractivity contribution in [2.24, 2.45) is 0 Å². The second-order valence-electron chi connectivity index (χ2n) is 6.33. The number of hydrogen-bond donors (Lipinski definition) is 1. The zero-order valence-electron chi connectivity index (χ0n) is 11.5. The van der Waals surface area contributed by atoms with E-state index in [1.54, 1.807) is 11.9 Å². The van der Waals surface area contributed by atoms with Crippen LogP contribution in [0.15, 0.2) is 0 Å². The van der Waals surface area contributed by atoms with Crippen LogP contribution >= 0.6 is 0 Å². The predicted octanol–water partition coefficient (Wildman–Crippen LogP) is 1.34. The topological polar surface area (TPSA) is 49.4 Å². The van der Waals surface area contributed by atoms with Crippen LogP contribution in [0, 0.1) is 0 Å². The van der Waals surface area contributed by atoms with E-state index in [1.807, 2.05) is 0 Å². The van der Waals surface area contributed by atoms with Crippen molar-refractivity contribution in [2.75, 3.05) is 7.05 Å². The largest absolute Gasteiger partial charge is 0.342 e. The zero-order valence-corrected chi connectivity index (χ0v) is 11.5. The van der Waals surface area contributed by atoms with E-state index in [1.165, 1.54) is 0 Å². The van der Waals surface area contributed by atoms with Gasteiger partial charge in [-0.05, 0) is 40.5 Å². The lowest BCUT2D eigenvalue weighted by Crippen LogP contribution is -2.62. The molecule has 0 spiro atoms. The molecule has 1 amide bonds. The summed E-state index contributed by atoms with van der Waals surface area (Å²) in [4.78, 5) is 23.9. The van der Waals surface area contributed by atoms with Gasteiger partial charge in [0, 0.05) is 24.2 Å². The minimum absolute atomic E-state index is 0.0126. The van der Waals surface area contributed by atoms with Crippen molar-refractivity contribution in [1.29, 1.82) is 0 Å². The molecular formula is C13H24N2O2. The summed E-state index contributed by atoms with van der Waals surface area (Å²) in [6, 6.07) is 0.202. The highest BCUT2D eigenvalue weighted by molar-refractivity contribution is 5.88. The van der Waals surface area contributed by atoms with Crippen LogP contribution in [0.3, 0.4) is 0 Å². The molecule has 0 aliphatic carbocycles. The van der Waals surface area contributed by atoms with Crippen LogP contribution in [0.4, 0.5) is 0 Å². The van der Waals surface area contributed by atoms with Gasteiger partial charge in [-0.25, -0.2) is 0 Å². The fourth-order valence-corrected chi connectivity index (χ4v) is 2.96. The molecule has 1 saturated heterocycles. The lowest BCUT2D eigenvalue weighted by molar-refractivity contribution is -0.135. The average molecular weight is 240 g/mol. The molecule has 17 heavy (non-hydrogen) atoms. The molecule has 0 atom stereocenters. The number of nitrogens with one attached hydrogen (secondary N) is 1. The van der Waals surface area contributed by atoms with Crippen molar-refractivity contribution in [3.8, 4) is 0 Å². The highest BCUT2D eigenvalue weighted by atomic mass is 16.2. The minimum atomic E-state index is -0.0847. The monoisotopic (exact) mass is 240 g/mol. The Hall–Kier alpha value is -0.900. The van der Waals surface area contributed by atoms with Crippen molar-refractivity contribution in [3.05, 3.63) is 0 Å². The van der Waals surface area contributed by atoms with Crippen LogP contribution in [-0.2, 0) is 9.59 Å². The summed E-state index contributed by atoms with van der Waals surface area (Å²) in [5, 5.41) is 3.58. The molecule has 1 heterocycles. The second kappa shape index (κ2) is 4.77. The summed E-state index contributed by atoms with van der Waals surface area (Å²) in [6.45, 7) is 8.61. The highest BCUT2D eigenvalue weighted by Crippen LogP contribution is 2.31. The molecule has 98 valence electrons. The molecule has 1 fully saturated rings. The van der Waals surface area contributed by atoms with Gasteiger partial charge in [0.2, 0.25) is 5.91 Å². The first-order valence-corrected chi connectivity index (χ1v) is 6.15. The number of amides is 1. The van der Waals surface area contributed by atoms with E-state index in [0.29, 0.717) is 6.29 Å². The van der Waals surface area contributed by atoms with E-state index in [-0.39, 0.29) is 29.4 Å². The van der Waals surface area contributed by atoms with E-state index in [0.717, 1.165) is 12.8 Å². The Bertz CT molecular complexity index is 295. The summed E-state index contributed by atoms with van der Waals surface area (Å²) in [5.41, 5.74) is 0.0320. The number of carbonyl (C=O) groups is 2. The molecule has 0 saturated carbocycles. The van der Waals surface area contributed by atoms with Gasteiger partial charge in [-0.15, -0.1) is 0 Å². The Morgan fingerprint density at radius 3 is 2.18 bits per heavy atom. The van der Waals surface area contributed by atoms with Crippen molar-refractivity contribution < 1.29 is 9.59 Å². The Labute approximate surface area is 104 Å². The molecule has 1 aliphatic heterocycles. The first-order valence-electron chi connectivity index (χ1n) is 6.15. The van der Waals surface area contributed by atoms with Gasteiger partial charge < -0.3 is 15.0 Å². The van der Waals surface area contributed by atoms with Crippen molar-refractivity contribution in [1.82, 2.24) is 10.2 Å². The summed E-state index contributed by atoms with van der Waals surface area (Å²) >= 11 is 0. The number of carbonyl (C=O) groups excluding carboxylic acids is 2. The van der Waals surface area contributed by atoms with Crippen LogP contribution in [0.25, 0.3) is 0 Å². The maximum absolute atomic E-state index is 11.7. The maximum Gasteiger partial charge on any atom is 0.229 e. The molecule has 0 aromatic heterocycles. The van der Waals surface area contributed by atoms with Crippen LogP contribution in [0.2, 0.25) is 0 Å². The Morgan fingerprint density at radius 1 is 1.29 bits per heavy atom. The molecule has 1 N–H and O–H groups in total. The number of hydrogen-bond acceptors (Lipinski definition) is 3. The molecule has 0 aromatic carbocycles. The first-order chi connectivity index (χ1) is 7.67. The van der Waals surface area contributed by atoms with E-state index in [9.17, 15) is 9.59 Å². The molecular weight excluding hydrogens is 216 g/mol. The second-order valence-corrected chi connectivity index (χ2v) is 6.33. The van der Waals surface area contributed by atoms with Crippen molar-refractivity contribution >= 4 is 12.2 Å². The average Bonchev–Trinajstić information content (AvgIpc) is 2.12. The molecule has 1 aliphatic rings. The number of rotatable bonds is 3. The van der Waals surface area contributed by atoms with Crippen molar-refractivity contribution in [2.45, 2.75) is 64.1 Å². The maximum atomic E-state index is 11.7. The molecule has 0 aromatic rings. The fourth-order valence-electron chi connectivity index (χ4n) is 2.96. The van der Waals surface area contributed by atoms with Gasteiger partial charge in [-0.1, -0.05) is 0 Å². The fraction of sp³-hybridized carbons (Fsp3) is 0.846. The number of aldehydes is 1. The summed E-state index contributed by atoms with van der Waals surface area (Å²) in [6.07, 6.45) is 2.49. The quantitative estimate of drug-likeness (QED) is 0.598. The van der Waals surface area contributed by atoms with E-state index in [4.69, 9.17) is 0 Å². The van der Waals surface area contributed by atoms with Crippen LogP contribution in [0.1, 0.15) is 47.0 Å². The third-order valence-electron chi connectivity index (χ3n) is 3.37. The van der Waals surface area contributed by atoms with Crippen LogP contribution < -0.4 is 5.32 Å². The third-order valence-corrected chi connectivity index (χ3v) is 3.37. The highest BCUT2D eigenvalue weighted by Gasteiger charge is 2.39. The standard InChI is InChI=1S/C13H24N2O2/c1-12(2)8-10(9-13(3,4)14-12)15(5)11(17)6-7-16/h7,10,14H,6,8-9H2,1-5H3. The van der Waals surface area contributed by atoms with Crippen LogP contribution in [-0.4, -0.2) is 41.3 Å². The summed E-state index contributed by atoms with van der Waals surface area (Å²) in [5.74, 6) is -0.0847. The van der Waals surface area contributed by atoms with E-state index < -0.39 is 0 Å². The molecule has 1 rings (SSSR count). The third kappa shape index (κ3) is 3.80. The van der Waals surface area contributed by atoms with Gasteiger partial charge in [-0.3, -0.25) is 4.79 Å². The minimum Gasteiger partial charge on any atom is -0.342 e. The lowest BCUT2D eigenvalue weighted by atomic mass is 9.79. The lowest BCUT2D eigenvalue weighted by Gasteiger charge is -2.48. The van der Waals surface area contributed by atoms with Gasteiger partial charge in [0.1, 0.15) is 6.29 Å². The van der Waals surface area contributed by atoms with Gasteiger partial charge in [0.05, 0.1) is 6.42 Å². The number of nitrogens with zero attached hydrogens (tertiary/aromatic N) is 1. The summed E-state index contributed by atoms with van der Waals surface area (Å²) in [7, 11) is 1.80. The molecule has 4 heteroatoms. The Kier molecular flexibility index (Phi) is 3.97. The van der Waals surface area contributed by atoms with Crippen LogP contribution in [0.5, 0.6) is 0 Å².